The first-order chi connectivity index (χ1) is 12.7. The molecule has 0 spiro atoms. The van der Waals surface area contributed by atoms with Gasteiger partial charge in [-0.05, 0) is 36.4 Å². The number of carbonyl (C=O) groups is 2. The van der Waals surface area contributed by atoms with E-state index in [-0.39, 0.29) is 11.9 Å². The van der Waals surface area contributed by atoms with Crippen LogP contribution in [0.5, 0.6) is 0 Å². The quantitative estimate of drug-likeness (QED) is 0.886. The van der Waals surface area contributed by atoms with E-state index in [0.717, 1.165) is 19.4 Å². The smallest absolute Gasteiger partial charge is 0.320 e. The lowest BCUT2D eigenvalue weighted by Crippen LogP contribution is -2.40. The second-order valence-electron chi connectivity index (χ2n) is 6.76. The summed E-state index contributed by atoms with van der Waals surface area (Å²) in [6.45, 7) is 1.44. The number of anilines is 2. The number of urea groups is 1. The third kappa shape index (κ3) is 3.44. The van der Waals surface area contributed by atoms with Crippen molar-refractivity contribution >= 4 is 34.8 Å². The zero-order chi connectivity index (χ0) is 17.9. The first-order valence-electron chi connectivity index (χ1n) is 9.11. The molecule has 2 aromatic rings. The Morgan fingerprint density at radius 3 is 2.69 bits per heavy atom. The Balaban J connectivity index is 1.40. The molecule has 2 aromatic heterocycles. The maximum atomic E-state index is 12.8. The fraction of sp³-hybridized carbons (Fsp3) is 0.421. The van der Waals surface area contributed by atoms with Gasteiger partial charge in [-0.1, -0.05) is 25.3 Å². The van der Waals surface area contributed by atoms with Crippen molar-refractivity contribution in [2.45, 2.75) is 38.1 Å². The summed E-state index contributed by atoms with van der Waals surface area (Å²) >= 11 is 1.40. The number of nitrogens with zero attached hydrogens (tertiary/aromatic N) is 3. The molecule has 1 saturated heterocycles. The molecule has 3 amide bonds. The highest BCUT2D eigenvalue weighted by Crippen LogP contribution is 2.28. The molecule has 136 valence electrons. The van der Waals surface area contributed by atoms with Crippen LogP contribution in [0.3, 0.4) is 0 Å². The number of rotatable bonds is 4. The topological polar surface area (TPSA) is 65.5 Å². The standard InChI is InChI=1S/C19H22N4O2S/c24-18(16-7-4-12-26-16)21-14-8-9-17(20-13-14)23-11-10-22(19(23)25)15-5-2-1-3-6-15/h4,7-9,12-13,15H,1-3,5-6,10-11H2,(H,21,24). The zero-order valence-electron chi connectivity index (χ0n) is 14.6. The van der Waals surface area contributed by atoms with Crippen LogP contribution in [0.25, 0.3) is 0 Å². The number of pyridine rings is 1. The molecule has 3 heterocycles. The van der Waals surface area contributed by atoms with Crippen LogP contribution in [0.15, 0.2) is 35.8 Å². The van der Waals surface area contributed by atoms with E-state index in [0.29, 0.717) is 29.0 Å². The fourth-order valence-corrected chi connectivity index (χ4v) is 4.34. The minimum Gasteiger partial charge on any atom is -0.320 e. The van der Waals surface area contributed by atoms with Crippen LogP contribution in [-0.4, -0.2) is 41.0 Å². The van der Waals surface area contributed by atoms with Gasteiger partial charge in [0.2, 0.25) is 0 Å². The lowest BCUT2D eigenvalue weighted by atomic mass is 9.94. The van der Waals surface area contributed by atoms with Gasteiger partial charge in [0, 0.05) is 19.1 Å². The Labute approximate surface area is 156 Å². The molecule has 0 unspecified atom stereocenters. The van der Waals surface area contributed by atoms with Crippen LogP contribution in [0.2, 0.25) is 0 Å². The summed E-state index contributed by atoms with van der Waals surface area (Å²) in [4.78, 5) is 33.6. The number of aromatic nitrogens is 1. The first-order valence-corrected chi connectivity index (χ1v) is 9.99. The number of hydrogen-bond donors (Lipinski definition) is 1. The van der Waals surface area contributed by atoms with E-state index >= 15 is 0 Å². The van der Waals surface area contributed by atoms with E-state index in [1.807, 2.05) is 16.3 Å². The summed E-state index contributed by atoms with van der Waals surface area (Å²) in [5.41, 5.74) is 0.628. The number of amides is 3. The third-order valence-electron chi connectivity index (χ3n) is 5.08. The molecular formula is C19H22N4O2S. The molecule has 1 saturated carbocycles. The van der Waals surface area contributed by atoms with Crippen molar-refractivity contribution < 1.29 is 9.59 Å². The zero-order valence-corrected chi connectivity index (χ0v) is 15.4. The van der Waals surface area contributed by atoms with E-state index in [9.17, 15) is 9.59 Å². The van der Waals surface area contributed by atoms with Crippen LogP contribution in [0.1, 0.15) is 41.8 Å². The van der Waals surface area contributed by atoms with Gasteiger partial charge < -0.3 is 10.2 Å². The Morgan fingerprint density at radius 2 is 2.00 bits per heavy atom. The van der Waals surface area contributed by atoms with Crippen LogP contribution in [-0.2, 0) is 0 Å². The molecule has 1 aliphatic carbocycles. The molecule has 26 heavy (non-hydrogen) atoms. The van der Waals surface area contributed by atoms with Crippen LogP contribution in [0.4, 0.5) is 16.3 Å². The molecular weight excluding hydrogens is 348 g/mol. The van der Waals surface area contributed by atoms with Crippen LogP contribution < -0.4 is 10.2 Å². The number of hydrogen-bond acceptors (Lipinski definition) is 4. The van der Waals surface area contributed by atoms with E-state index in [1.165, 1.54) is 30.6 Å². The van der Waals surface area contributed by atoms with Gasteiger partial charge in [0.05, 0.1) is 16.8 Å². The van der Waals surface area contributed by atoms with Crippen molar-refractivity contribution in [3.63, 3.8) is 0 Å². The molecule has 1 N–H and O–H groups in total. The average molecular weight is 370 g/mol. The monoisotopic (exact) mass is 370 g/mol. The van der Waals surface area contributed by atoms with Gasteiger partial charge in [-0.15, -0.1) is 11.3 Å². The van der Waals surface area contributed by atoms with Gasteiger partial charge in [0.1, 0.15) is 5.82 Å². The Morgan fingerprint density at radius 1 is 1.15 bits per heavy atom. The number of carbonyl (C=O) groups excluding carboxylic acids is 2. The molecule has 6 nitrogen and oxygen atoms in total. The summed E-state index contributed by atoms with van der Waals surface area (Å²) in [6.07, 6.45) is 7.54. The van der Waals surface area contributed by atoms with Gasteiger partial charge in [0.25, 0.3) is 5.91 Å². The van der Waals surface area contributed by atoms with Gasteiger partial charge in [-0.25, -0.2) is 9.78 Å². The average Bonchev–Trinajstić information content (AvgIpc) is 3.33. The molecule has 0 bridgehead atoms. The highest BCUT2D eigenvalue weighted by Gasteiger charge is 2.35. The summed E-state index contributed by atoms with van der Waals surface area (Å²) < 4.78 is 0. The number of nitrogens with one attached hydrogen (secondary N) is 1. The molecule has 2 fully saturated rings. The predicted molar refractivity (Wildman–Crippen MR) is 103 cm³/mol. The summed E-state index contributed by atoms with van der Waals surface area (Å²) in [7, 11) is 0. The molecule has 0 aromatic carbocycles. The predicted octanol–water partition coefficient (Wildman–Crippen LogP) is 3.97. The van der Waals surface area contributed by atoms with E-state index in [4.69, 9.17) is 0 Å². The lowest BCUT2D eigenvalue weighted by Gasteiger charge is -2.30. The minimum atomic E-state index is -0.143. The van der Waals surface area contributed by atoms with Crippen molar-refractivity contribution in [1.29, 1.82) is 0 Å². The second-order valence-corrected chi connectivity index (χ2v) is 7.70. The molecule has 0 radical (unpaired) electrons. The fourth-order valence-electron chi connectivity index (χ4n) is 3.72. The van der Waals surface area contributed by atoms with Crippen LogP contribution in [0, 0.1) is 0 Å². The van der Waals surface area contributed by atoms with Gasteiger partial charge in [-0.2, -0.15) is 0 Å². The second kappa shape index (κ2) is 7.45. The third-order valence-corrected chi connectivity index (χ3v) is 5.95. The van der Waals surface area contributed by atoms with Crippen LogP contribution >= 0.6 is 11.3 Å². The maximum Gasteiger partial charge on any atom is 0.326 e. The molecule has 1 aliphatic heterocycles. The first kappa shape index (κ1) is 17.0. The van der Waals surface area contributed by atoms with Crippen molar-refractivity contribution in [3.8, 4) is 0 Å². The van der Waals surface area contributed by atoms with Crippen molar-refractivity contribution in [2.75, 3.05) is 23.3 Å². The highest BCUT2D eigenvalue weighted by molar-refractivity contribution is 7.12. The van der Waals surface area contributed by atoms with Gasteiger partial charge >= 0.3 is 6.03 Å². The lowest BCUT2D eigenvalue weighted by molar-refractivity contribution is 0.103. The molecule has 0 atom stereocenters. The maximum absolute atomic E-state index is 12.8. The summed E-state index contributed by atoms with van der Waals surface area (Å²) in [6, 6.07) is 7.66. The molecule has 2 aliphatic rings. The van der Waals surface area contributed by atoms with Crippen molar-refractivity contribution in [3.05, 3.63) is 40.7 Å². The minimum absolute atomic E-state index is 0.0553. The summed E-state index contributed by atoms with van der Waals surface area (Å²) in [5.74, 6) is 0.498. The molecule has 7 heteroatoms. The number of thiophene rings is 1. The SMILES string of the molecule is O=C(Nc1ccc(N2CCN(C3CCCCC3)C2=O)nc1)c1cccs1. The Kier molecular flexibility index (Phi) is 4.88. The summed E-state index contributed by atoms with van der Waals surface area (Å²) in [5, 5.41) is 4.70. The van der Waals surface area contributed by atoms with Gasteiger partial charge in [0.15, 0.2) is 0 Å². The Bertz CT molecular complexity index is 769. The highest BCUT2D eigenvalue weighted by atomic mass is 32.1. The van der Waals surface area contributed by atoms with Crippen molar-refractivity contribution in [2.24, 2.45) is 0 Å². The van der Waals surface area contributed by atoms with Gasteiger partial charge in [-0.3, -0.25) is 9.69 Å². The van der Waals surface area contributed by atoms with Crippen molar-refractivity contribution in [1.82, 2.24) is 9.88 Å². The Hall–Kier alpha value is -2.41. The largest absolute Gasteiger partial charge is 0.326 e. The van der Waals surface area contributed by atoms with E-state index in [1.54, 1.807) is 29.3 Å². The molecule has 4 rings (SSSR count). The van der Waals surface area contributed by atoms with E-state index in [2.05, 4.69) is 10.3 Å². The normalized spacial score (nSPS) is 18.4. The van der Waals surface area contributed by atoms with E-state index < -0.39 is 0 Å².